The van der Waals surface area contributed by atoms with E-state index in [-0.39, 0.29) is 22.9 Å². The number of amides is 1. The fourth-order valence-corrected chi connectivity index (χ4v) is 3.98. The Bertz CT molecular complexity index is 899. The van der Waals surface area contributed by atoms with Gasteiger partial charge >= 0.3 is 0 Å². The third-order valence-corrected chi connectivity index (χ3v) is 5.99. The molecule has 0 spiro atoms. The van der Waals surface area contributed by atoms with Crippen molar-refractivity contribution in [3.63, 3.8) is 0 Å². The minimum atomic E-state index is -3.64. The first-order valence-electron chi connectivity index (χ1n) is 8.18. The van der Waals surface area contributed by atoms with E-state index in [4.69, 9.17) is 10.5 Å². The molecule has 2 rings (SSSR count). The van der Waals surface area contributed by atoms with Gasteiger partial charge in [-0.25, -0.2) is 8.42 Å². The molecule has 0 aliphatic rings. The van der Waals surface area contributed by atoms with E-state index < -0.39 is 15.9 Å². The molecule has 148 valence electrons. The van der Waals surface area contributed by atoms with E-state index in [0.29, 0.717) is 30.2 Å². The van der Waals surface area contributed by atoms with Crippen LogP contribution >= 0.6 is 12.4 Å². The first-order valence-corrected chi connectivity index (χ1v) is 9.62. The summed E-state index contributed by atoms with van der Waals surface area (Å²) in [7, 11) is -2.13. The molecular weight excluding hydrogens is 390 g/mol. The number of hydrogen-bond acceptors (Lipinski definition) is 5. The first-order chi connectivity index (χ1) is 12.3. The molecule has 0 aliphatic heterocycles. The van der Waals surface area contributed by atoms with Gasteiger partial charge in [-0.2, -0.15) is 4.31 Å². The molecule has 0 aromatic heterocycles. The fourth-order valence-electron chi connectivity index (χ4n) is 2.48. The van der Waals surface area contributed by atoms with Crippen LogP contribution in [0.1, 0.15) is 24.2 Å². The Balaban J connectivity index is 0.00000364. The maximum Gasteiger partial charge on any atom is 0.255 e. The van der Waals surface area contributed by atoms with Crippen molar-refractivity contribution in [3.05, 3.63) is 48.0 Å². The zero-order valence-corrected chi connectivity index (χ0v) is 17.1. The molecule has 7 nitrogen and oxygen atoms in total. The molecule has 0 saturated heterocycles. The van der Waals surface area contributed by atoms with Crippen molar-refractivity contribution in [1.82, 2.24) is 4.31 Å². The average molecular weight is 414 g/mol. The Hall–Kier alpha value is -2.29. The number of carbonyl (C=O) groups is 1. The summed E-state index contributed by atoms with van der Waals surface area (Å²) in [5.41, 5.74) is 6.87. The highest BCUT2D eigenvalue weighted by Crippen LogP contribution is 2.25. The van der Waals surface area contributed by atoms with Crippen LogP contribution in [0.2, 0.25) is 0 Å². The Labute approximate surface area is 166 Å². The molecule has 0 heterocycles. The molecule has 9 heteroatoms. The highest BCUT2D eigenvalue weighted by molar-refractivity contribution is 7.89. The van der Waals surface area contributed by atoms with Crippen molar-refractivity contribution in [2.24, 2.45) is 0 Å². The van der Waals surface area contributed by atoms with Crippen molar-refractivity contribution in [2.45, 2.75) is 18.7 Å². The first kappa shape index (κ1) is 22.8. The summed E-state index contributed by atoms with van der Waals surface area (Å²) in [6.07, 6.45) is 0. The van der Waals surface area contributed by atoms with E-state index in [1.807, 2.05) is 0 Å². The van der Waals surface area contributed by atoms with Gasteiger partial charge in [0.05, 0.1) is 23.4 Å². The lowest BCUT2D eigenvalue weighted by Gasteiger charge is -2.18. The molecule has 2 aromatic rings. The summed E-state index contributed by atoms with van der Waals surface area (Å²) in [4.78, 5) is 12.6. The van der Waals surface area contributed by atoms with Crippen molar-refractivity contribution in [3.8, 4) is 5.75 Å². The number of nitrogens with zero attached hydrogens (tertiary/aromatic N) is 1. The highest BCUT2D eigenvalue weighted by atomic mass is 35.5. The fraction of sp³-hybridized carbons (Fsp3) is 0.278. The zero-order chi connectivity index (χ0) is 19.3. The number of nitrogens with two attached hydrogens (primary N) is 1. The number of ether oxygens (including phenoxy) is 1. The second kappa shape index (κ2) is 9.59. The molecule has 0 fully saturated rings. The summed E-state index contributed by atoms with van der Waals surface area (Å²) in [6, 6.07) is 10.8. The highest BCUT2D eigenvalue weighted by Gasteiger charge is 2.22. The number of nitrogens with one attached hydrogen (secondary N) is 1. The molecule has 0 radical (unpaired) electrons. The third kappa shape index (κ3) is 5.12. The molecular formula is C18H24ClN3O4S. The maximum absolute atomic E-state index is 12.6. The van der Waals surface area contributed by atoms with Crippen LogP contribution in [0.5, 0.6) is 5.75 Å². The van der Waals surface area contributed by atoms with Crippen molar-refractivity contribution in [2.75, 3.05) is 31.2 Å². The summed E-state index contributed by atoms with van der Waals surface area (Å²) in [5, 5.41) is 2.68. The van der Waals surface area contributed by atoms with Gasteiger partial charge in [0, 0.05) is 24.7 Å². The second-order valence-corrected chi connectivity index (χ2v) is 7.46. The third-order valence-electron chi connectivity index (χ3n) is 3.95. The van der Waals surface area contributed by atoms with Gasteiger partial charge in [0.15, 0.2) is 0 Å². The molecule has 0 unspecified atom stereocenters. The summed E-state index contributed by atoms with van der Waals surface area (Å²) in [5.74, 6) is 0.0916. The predicted octanol–water partition coefficient (Wildman–Crippen LogP) is 2.98. The van der Waals surface area contributed by atoms with Crippen molar-refractivity contribution in [1.29, 1.82) is 0 Å². The Morgan fingerprint density at radius 1 is 1.15 bits per heavy atom. The normalized spacial score (nSPS) is 11.0. The minimum Gasteiger partial charge on any atom is -0.497 e. The number of methoxy groups -OCH3 is 1. The predicted molar refractivity (Wildman–Crippen MR) is 109 cm³/mol. The Kier molecular flexibility index (Phi) is 8.08. The van der Waals surface area contributed by atoms with E-state index in [2.05, 4.69) is 5.32 Å². The van der Waals surface area contributed by atoms with Crippen LogP contribution in [0, 0.1) is 0 Å². The molecule has 0 aliphatic carbocycles. The van der Waals surface area contributed by atoms with Gasteiger partial charge in [-0.3, -0.25) is 4.79 Å². The van der Waals surface area contributed by atoms with Crippen LogP contribution in [0.4, 0.5) is 11.4 Å². The average Bonchev–Trinajstić information content (AvgIpc) is 2.64. The minimum absolute atomic E-state index is 0. The second-order valence-electron chi connectivity index (χ2n) is 5.52. The van der Waals surface area contributed by atoms with Gasteiger partial charge in [0.1, 0.15) is 5.75 Å². The van der Waals surface area contributed by atoms with Crippen LogP contribution in [-0.4, -0.2) is 38.8 Å². The number of carbonyl (C=O) groups excluding carboxylic acids is 1. The topological polar surface area (TPSA) is 102 Å². The number of sulfonamides is 1. The molecule has 27 heavy (non-hydrogen) atoms. The SMILES string of the molecule is CCN(CC)S(=O)(=O)c1cccc(C(=O)Nc2cc(OC)ccc2N)c1.Cl. The van der Waals surface area contributed by atoms with Gasteiger partial charge in [0.2, 0.25) is 10.0 Å². The van der Waals surface area contributed by atoms with Crippen LogP contribution in [0.15, 0.2) is 47.4 Å². The summed E-state index contributed by atoms with van der Waals surface area (Å²) in [6.45, 7) is 4.25. The lowest BCUT2D eigenvalue weighted by Crippen LogP contribution is -2.30. The molecule has 2 aromatic carbocycles. The van der Waals surface area contributed by atoms with Gasteiger partial charge in [0.25, 0.3) is 5.91 Å². The molecule has 3 N–H and O–H groups in total. The van der Waals surface area contributed by atoms with Gasteiger partial charge in [-0.05, 0) is 30.3 Å². The van der Waals surface area contributed by atoms with Crippen LogP contribution in [0.3, 0.4) is 0 Å². The number of hydrogen-bond donors (Lipinski definition) is 2. The Morgan fingerprint density at radius 3 is 2.41 bits per heavy atom. The number of nitrogen functional groups attached to an aromatic ring is 1. The Morgan fingerprint density at radius 2 is 1.81 bits per heavy atom. The van der Waals surface area contributed by atoms with Crippen molar-refractivity contribution < 1.29 is 17.9 Å². The quantitative estimate of drug-likeness (QED) is 0.679. The number of anilines is 2. The number of benzene rings is 2. The number of rotatable bonds is 7. The monoisotopic (exact) mass is 413 g/mol. The smallest absolute Gasteiger partial charge is 0.255 e. The van der Waals surface area contributed by atoms with Gasteiger partial charge < -0.3 is 15.8 Å². The van der Waals surface area contributed by atoms with Crippen molar-refractivity contribution >= 4 is 39.7 Å². The van der Waals surface area contributed by atoms with E-state index in [1.165, 1.54) is 23.5 Å². The van der Waals surface area contributed by atoms with Gasteiger partial charge in [-0.1, -0.05) is 19.9 Å². The largest absolute Gasteiger partial charge is 0.497 e. The maximum atomic E-state index is 12.6. The molecule has 0 saturated carbocycles. The molecule has 1 amide bonds. The zero-order valence-electron chi connectivity index (χ0n) is 15.4. The lowest BCUT2D eigenvalue weighted by atomic mass is 10.2. The van der Waals surface area contributed by atoms with E-state index in [9.17, 15) is 13.2 Å². The molecule has 0 atom stereocenters. The van der Waals surface area contributed by atoms with Crippen LogP contribution in [-0.2, 0) is 10.0 Å². The van der Waals surface area contributed by atoms with E-state index in [0.717, 1.165) is 0 Å². The lowest BCUT2D eigenvalue weighted by molar-refractivity contribution is 0.102. The van der Waals surface area contributed by atoms with Crippen LogP contribution < -0.4 is 15.8 Å². The summed E-state index contributed by atoms with van der Waals surface area (Å²) >= 11 is 0. The van der Waals surface area contributed by atoms with E-state index >= 15 is 0 Å². The van der Waals surface area contributed by atoms with E-state index in [1.54, 1.807) is 44.2 Å². The number of halogens is 1. The molecule has 0 bridgehead atoms. The van der Waals surface area contributed by atoms with Crippen LogP contribution in [0.25, 0.3) is 0 Å². The summed E-state index contributed by atoms with van der Waals surface area (Å²) < 4.78 is 31.7. The van der Waals surface area contributed by atoms with Gasteiger partial charge in [-0.15, -0.1) is 12.4 Å². The standard InChI is InChI=1S/C18H23N3O4S.ClH/c1-4-21(5-2)26(23,24)15-8-6-7-13(11-15)18(22)20-17-12-14(25-3)9-10-16(17)19;/h6-12H,4-5,19H2,1-3H3,(H,20,22);1H.